The molecule has 0 radical (unpaired) electrons. The van der Waals surface area contributed by atoms with Gasteiger partial charge in [-0.2, -0.15) is 18.3 Å². The van der Waals surface area contributed by atoms with Crippen LogP contribution in [0.5, 0.6) is 0 Å². The third-order valence-corrected chi connectivity index (χ3v) is 4.74. The van der Waals surface area contributed by atoms with Gasteiger partial charge in [0.25, 0.3) is 5.95 Å². The number of benzene rings is 1. The fraction of sp³-hybridized carbons (Fsp3) is 0.263. The fourth-order valence-corrected chi connectivity index (χ4v) is 3.05. The van der Waals surface area contributed by atoms with Gasteiger partial charge in [0.15, 0.2) is 0 Å². The Bertz CT molecular complexity index is 1100. The van der Waals surface area contributed by atoms with Crippen molar-refractivity contribution in [2.24, 2.45) is 0 Å². The van der Waals surface area contributed by atoms with Crippen LogP contribution < -0.4 is 5.32 Å². The van der Waals surface area contributed by atoms with Gasteiger partial charge >= 0.3 is 6.18 Å². The van der Waals surface area contributed by atoms with E-state index in [4.69, 9.17) is 11.6 Å². The first-order valence-corrected chi connectivity index (χ1v) is 9.10. The Morgan fingerprint density at radius 1 is 1.23 bits per heavy atom. The maximum absolute atomic E-state index is 13.1. The van der Waals surface area contributed by atoms with Crippen LogP contribution >= 0.6 is 11.6 Å². The molecule has 11 heteroatoms. The molecule has 6 nitrogen and oxygen atoms in total. The Balaban J connectivity index is 1.76. The molecule has 0 aliphatic carbocycles. The van der Waals surface area contributed by atoms with Crippen LogP contribution in [0.25, 0.3) is 5.95 Å². The Morgan fingerprint density at radius 2 is 1.97 bits per heavy atom. The second-order valence-electron chi connectivity index (χ2n) is 6.49. The van der Waals surface area contributed by atoms with Crippen molar-refractivity contribution in [1.82, 2.24) is 25.1 Å². The third-order valence-electron chi connectivity index (χ3n) is 4.39. The number of aromatic nitrogens is 4. The lowest BCUT2D eigenvalue weighted by atomic mass is 10.1. The normalized spacial score (nSPS) is 11.6. The van der Waals surface area contributed by atoms with Gasteiger partial charge in [0, 0.05) is 29.0 Å². The molecule has 1 amide bonds. The van der Waals surface area contributed by atoms with Crippen LogP contribution in [0.15, 0.2) is 30.5 Å². The van der Waals surface area contributed by atoms with Crippen molar-refractivity contribution >= 4 is 17.5 Å². The van der Waals surface area contributed by atoms with E-state index in [-0.39, 0.29) is 29.8 Å². The van der Waals surface area contributed by atoms with Gasteiger partial charge in [-0.3, -0.25) is 4.79 Å². The SMILES string of the molecule is Cc1nn(-c2nccc(C(F)(F)F)n2)c(C)c1CC(=O)NCc1ccc(F)cc1Cl. The van der Waals surface area contributed by atoms with Gasteiger partial charge in [0.05, 0.1) is 12.1 Å². The zero-order valence-corrected chi connectivity index (χ0v) is 16.6. The molecule has 158 valence electrons. The summed E-state index contributed by atoms with van der Waals surface area (Å²) in [5.74, 6) is -1.08. The Labute approximate surface area is 173 Å². The Morgan fingerprint density at radius 3 is 2.63 bits per heavy atom. The van der Waals surface area contributed by atoms with E-state index in [2.05, 4.69) is 20.4 Å². The molecule has 0 aliphatic rings. The van der Waals surface area contributed by atoms with E-state index in [9.17, 15) is 22.4 Å². The smallest absolute Gasteiger partial charge is 0.352 e. The second-order valence-corrected chi connectivity index (χ2v) is 6.90. The van der Waals surface area contributed by atoms with E-state index in [1.807, 2.05) is 0 Å². The fourth-order valence-electron chi connectivity index (χ4n) is 2.82. The summed E-state index contributed by atoms with van der Waals surface area (Å²) in [6.45, 7) is 3.35. The van der Waals surface area contributed by atoms with Crippen LogP contribution in [0.2, 0.25) is 5.02 Å². The summed E-state index contributed by atoms with van der Waals surface area (Å²) in [6, 6.07) is 4.62. The van der Waals surface area contributed by atoms with Crippen molar-refractivity contribution < 1.29 is 22.4 Å². The van der Waals surface area contributed by atoms with E-state index in [0.717, 1.165) is 18.3 Å². The average molecular weight is 442 g/mol. The van der Waals surface area contributed by atoms with Crippen molar-refractivity contribution in [3.8, 4) is 5.95 Å². The number of carbonyl (C=O) groups is 1. The van der Waals surface area contributed by atoms with E-state index in [1.54, 1.807) is 13.8 Å². The molecule has 3 rings (SSSR count). The van der Waals surface area contributed by atoms with Gasteiger partial charge in [-0.05, 0) is 37.6 Å². The monoisotopic (exact) mass is 441 g/mol. The summed E-state index contributed by atoms with van der Waals surface area (Å²) in [5, 5.41) is 7.05. The molecule has 2 aromatic heterocycles. The molecule has 0 spiro atoms. The molecule has 0 aliphatic heterocycles. The molecule has 3 aromatic rings. The van der Waals surface area contributed by atoms with Gasteiger partial charge in [-0.25, -0.2) is 19.0 Å². The first kappa shape index (κ1) is 21.7. The molecule has 0 atom stereocenters. The molecule has 0 unspecified atom stereocenters. The summed E-state index contributed by atoms with van der Waals surface area (Å²) >= 11 is 5.94. The number of carbonyl (C=O) groups excluding carboxylic acids is 1. The molecule has 2 heterocycles. The van der Waals surface area contributed by atoms with Crippen molar-refractivity contribution in [2.45, 2.75) is 33.0 Å². The molecular weight excluding hydrogens is 426 g/mol. The van der Waals surface area contributed by atoms with Gasteiger partial charge < -0.3 is 5.32 Å². The van der Waals surface area contributed by atoms with Crippen molar-refractivity contribution in [2.75, 3.05) is 0 Å². The number of alkyl halides is 3. The predicted octanol–water partition coefficient (Wildman–Crippen LogP) is 3.95. The van der Waals surface area contributed by atoms with Crippen LogP contribution in [-0.2, 0) is 23.9 Å². The zero-order chi connectivity index (χ0) is 22.1. The molecule has 30 heavy (non-hydrogen) atoms. The molecule has 0 saturated heterocycles. The Kier molecular flexibility index (Phi) is 6.06. The van der Waals surface area contributed by atoms with E-state index in [1.165, 1.54) is 16.8 Å². The lowest BCUT2D eigenvalue weighted by Crippen LogP contribution is -2.25. The molecule has 0 fully saturated rings. The number of halogens is 5. The summed E-state index contributed by atoms with van der Waals surface area (Å²) < 4.78 is 53.0. The highest BCUT2D eigenvalue weighted by Gasteiger charge is 2.33. The largest absolute Gasteiger partial charge is 0.433 e. The molecule has 1 N–H and O–H groups in total. The maximum atomic E-state index is 13.1. The quantitative estimate of drug-likeness (QED) is 0.608. The number of aryl methyl sites for hydroxylation is 1. The van der Waals surface area contributed by atoms with Gasteiger partial charge in [-0.15, -0.1) is 0 Å². The molecule has 0 saturated carbocycles. The first-order chi connectivity index (χ1) is 14.1. The van der Waals surface area contributed by atoms with Crippen LogP contribution in [0.4, 0.5) is 17.6 Å². The number of nitrogens with zero attached hydrogens (tertiary/aromatic N) is 4. The summed E-state index contributed by atoms with van der Waals surface area (Å²) in [4.78, 5) is 19.7. The first-order valence-electron chi connectivity index (χ1n) is 8.72. The molecule has 0 bridgehead atoms. The summed E-state index contributed by atoms with van der Waals surface area (Å²) in [6.07, 6.45) is -3.67. The van der Waals surface area contributed by atoms with Crippen LogP contribution in [0.1, 0.15) is 28.2 Å². The van der Waals surface area contributed by atoms with Crippen molar-refractivity contribution in [3.63, 3.8) is 0 Å². The van der Waals surface area contributed by atoms with E-state index >= 15 is 0 Å². The number of hydrogen-bond donors (Lipinski definition) is 1. The van der Waals surface area contributed by atoms with Crippen LogP contribution in [-0.4, -0.2) is 25.7 Å². The third kappa shape index (κ3) is 4.76. The standard InChI is InChI=1S/C19H16ClF4N5O/c1-10-14(8-17(30)26-9-12-3-4-13(21)7-15(12)20)11(2)29(28-10)18-25-6-5-16(27-18)19(22,23)24/h3-7H,8-9H2,1-2H3,(H,26,30). The lowest BCUT2D eigenvalue weighted by Gasteiger charge is -2.09. The van der Waals surface area contributed by atoms with Crippen LogP contribution in [0.3, 0.4) is 0 Å². The van der Waals surface area contributed by atoms with Gasteiger partial charge in [-0.1, -0.05) is 17.7 Å². The summed E-state index contributed by atoms with van der Waals surface area (Å²) in [5.41, 5.74) is 0.910. The lowest BCUT2D eigenvalue weighted by molar-refractivity contribution is -0.141. The minimum absolute atomic E-state index is 0.0601. The van der Waals surface area contributed by atoms with Crippen LogP contribution in [0, 0.1) is 19.7 Å². The maximum Gasteiger partial charge on any atom is 0.433 e. The van der Waals surface area contributed by atoms with Gasteiger partial charge in [0.2, 0.25) is 5.91 Å². The van der Waals surface area contributed by atoms with Crippen molar-refractivity contribution in [1.29, 1.82) is 0 Å². The number of amides is 1. The molecular formula is C19H16ClF4N5O. The zero-order valence-electron chi connectivity index (χ0n) is 15.9. The highest BCUT2D eigenvalue weighted by molar-refractivity contribution is 6.31. The minimum Gasteiger partial charge on any atom is -0.352 e. The van der Waals surface area contributed by atoms with Crippen molar-refractivity contribution in [3.05, 3.63) is 69.5 Å². The topological polar surface area (TPSA) is 72.7 Å². The number of rotatable bonds is 5. The van der Waals surface area contributed by atoms with Gasteiger partial charge in [0.1, 0.15) is 11.5 Å². The second kappa shape index (κ2) is 8.39. The average Bonchev–Trinajstić information content (AvgIpc) is 2.95. The summed E-state index contributed by atoms with van der Waals surface area (Å²) in [7, 11) is 0. The number of hydrogen-bond acceptors (Lipinski definition) is 4. The highest BCUT2D eigenvalue weighted by atomic mass is 35.5. The van der Waals surface area contributed by atoms with E-state index < -0.39 is 17.7 Å². The highest BCUT2D eigenvalue weighted by Crippen LogP contribution is 2.28. The predicted molar refractivity (Wildman–Crippen MR) is 101 cm³/mol. The minimum atomic E-state index is -4.61. The molecule has 1 aromatic carbocycles. The van der Waals surface area contributed by atoms with E-state index in [0.29, 0.717) is 22.5 Å². The number of nitrogens with one attached hydrogen (secondary N) is 1. The Hall–Kier alpha value is -3.01.